The second-order valence-electron chi connectivity index (χ2n) is 4.95. The maximum Gasteiger partial charge on any atom is 0.296 e. The monoisotopic (exact) mass is 311 g/mol. The molecule has 0 aromatic heterocycles. The number of ketones is 1. The number of nitrogens with one attached hydrogen (secondary N) is 1. The lowest BCUT2D eigenvalue weighted by molar-refractivity contribution is -0.131. The Bertz CT molecular complexity index is 765. The molecular formula is C18H17NO4. The molecule has 5 heteroatoms. The number of rotatable bonds is 5. The minimum atomic E-state index is -0.841. The third-order valence-electron chi connectivity index (χ3n) is 3.13. The lowest BCUT2D eigenvalue weighted by Gasteiger charge is -2.05. The van der Waals surface area contributed by atoms with Crippen LogP contribution in [0, 0.1) is 6.92 Å². The van der Waals surface area contributed by atoms with E-state index in [0.717, 1.165) is 11.6 Å². The number of amides is 1. The first-order valence-corrected chi connectivity index (χ1v) is 6.96. The van der Waals surface area contributed by atoms with Gasteiger partial charge in [0.15, 0.2) is 0 Å². The normalized spacial score (nSPS) is 11.0. The largest absolute Gasteiger partial charge is 0.507 e. The van der Waals surface area contributed by atoms with Crippen molar-refractivity contribution in [2.24, 2.45) is 0 Å². The molecule has 1 amide bonds. The highest BCUT2D eigenvalue weighted by molar-refractivity contribution is 6.45. The maximum atomic E-state index is 11.9. The van der Waals surface area contributed by atoms with Gasteiger partial charge in [0.2, 0.25) is 5.78 Å². The van der Waals surface area contributed by atoms with E-state index in [0.29, 0.717) is 17.0 Å². The van der Waals surface area contributed by atoms with Gasteiger partial charge in [-0.2, -0.15) is 0 Å². The van der Waals surface area contributed by atoms with Crippen molar-refractivity contribution in [3.63, 3.8) is 0 Å². The summed E-state index contributed by atoms with van der Waals surface area (Å²) in [5.74, 6) is -1.41. The Morgan fingerprint density at radius 2 is 1.87 bits per heavy atom. The number of aliphatic hydroxyl groups excluding tert-OH is 1. The van der Waals surface area contributed by atoms with Crippen LogP contribution in [0.15, 0.2) is 54.6 Å². The van der Waals surface area contributed by atoms with E-state index in [-0.39, 0.29) is 5.76 Å². The van der Waals surface area contributed by atoms with Crippen molar-refractivity contribution in [2.45, 2.75) is 6.92 Å². The summed E-state index contributed by atoms with van der Waals surface area (Å²) in [7, 11) is 1.50. The number of carbonyl (C=O) groups excluding carboxylic acids is 2. The standard InChI is InChI=1S/C18H17NO4/c1-12-5-3-7-14(9-12)19-18(22)17(21)11-16(20)13-6-4-8-15(10-13)23-2/h3-11,20H,1-2H3,(H,19,22). The lowest BCUT2D eigenvalue weighted by Crippen LogP contribution is -2.21. The van der Waals surface area contributed by atoms with Crippen LogP contribution in [0.4, 0.5) is 5.69 Å². The van der Waals surface area contributed by atoms with Gasteiger partial charge >= 0.3 is 0 Å². The topological polar surface area (TPSA) is 75.6 Å². The number of anilines is 1. The fraction of sp³-hybridized carbons (Fsp3) is 0.111. The number of hydrogen-bond acceptors (Lipinski definition) is 4. The molecule has 23 heavy (non-hydrogen) atoms. The van der Waals surface area contributed by atoms with E-state index in [9.17, 15) is 14.7 Å². The Kier molecular flexibility index (Phi) is 5.15. The Morgan fingerprint density at radius 3 is 2.57 bits per heavy atom. The van der Waals surface area contributed by atoms with Crippen LogP contribution in [0.5, 0.6) is 5.75 Å². The van der Waals surface area contributed by atoms with E-state index >= 15 is 0 Å². The average molecular weight is 311 g/mol. The molecule has 0 aliphatic carbocycles. The third-order valence-corrected chi connectivity index (χ3v) is 3.13. The minimum absolute atomic E-state index is 0.298. The van der Waals surface area contributed by atoms with Crippen LogP contribution >= 0.6 is 0 Å². The summed E-state index contributed by atoms with van der Waals surface area (Å²) in [4.78, 5) is 23.8. The molecule has 0 aliphatic heterocycles. The van der Waals surface area contributed by atoms with E-state index in [1.807, 2.05) is 13.0 Å². The Labute approximate surface area is 134 Å². The van der Waals surface area contributed by atoms with Crippen LogP contribution in [0.1, 0.15) is 11.1 Å². The summed E-state index contributed by atoms with van der Waals surface area (Å²) in [6.45, 7) is 1.88. The molecular weight excluding hydrogens is 294 g/mol. The molecule has 2 aromatic rings. The van der Waals surface area contributed by atoms with Gasteiger partial charge in [0.1, 0.15) is 11.5 Å². The van der Waals surface area contributed by atoms with Crippen molar-refractivity contribution in [1.82, 2.24) is 0 Å². The van der Waals surface area contributed by atoms with Gasteiger partial charge in [-0.1, -0.05) is 24.3 Å². The summed E-state index contributed by atoms with van der Waals surface area (Å²) in [6, 6.07) is 13.7. The Balaban J connectivity index is 2.11. The molecule has 118 valence electrons. The first-order chi connectivity index (χ1) is 11.0. The van der Waals surface area contributed by atoms with Gasteiger partial charge in [0, 0.05) is 17.3 Å². The highest BCUT2D eigenvalue weighted by atomic mass is 16.5. The summed E-state index contributed by atoms with van der Waals surface area (Å²) < 4.78 is 5.05. The van der Waals surface area contributed by atoms with Crippen molar-refractivity contribution in [1.29, 1.82) is 0 Å². The van der Waals surface area contributed by atoms with Crippen LogP contribution in [0.3, 0.4) is 0 Å². The zero-order chi connectivity index (χ0) is 16.8. The Hall–Kier alpha value is -3.08. The number of ether oxygens (including phenoxy) is 1. The number of aliphatic hydroxyl groups is 1. The van der Waals surface area contributed by atoms with E-state index in [4.69, 9.17) is 4.74 Å². The molecule has 0 aliphatic rings. The molecule has 0 fully saturated rings. The Morgan fingerprint density at radius 1 is 1.13 bits per heavy atom. The molecule has 0 unspecified atom stereocenters. The minimum Gasteiger partial charge on any atom is -0.507 e. The molecule has 0 spiro atoms. The van der Waals surface area contributed by atoms with Crippen LogP contribution in [-0.4, -0.2) is 23.9 Å². The summed E-state index contributed by atoms with van der Waals surface area (Å²) >= 11 is 0. The molecule has 0 saturated heterocycles. The smallest absolute Gasteiger partial charge is 0.296 e. The number of benzene rings is 2. The van der Waals surface area contributed by atoms with Crippen molar-refractivity contribution >= 4 is 23.1 Å². The third kappa shape index (κ3) is 4.44. The highest BCUT2D eigenvalue weighted by Gasteiger charge is 2.13. The van der Waals surface area contributed by atoms with Gasteiger partial charge in [-0.05, 0) is 36.8 Å². The van der Waals surface area contributed by atoms with Crippen LogP contribution in [-0.2, 0) is 9.59 Å². The number of methoxy groups -OCH3 is 1. The first-order valence-electron chi connectivity index (χ1n) is 6.96. The van der Waals surface area contributed by atoms with Crippen molar-refractivity contribution in [2.75, 3.05) is 12.4 Å². The first kappa shape index (κ1) is 16.3. The second kappa shape index (κ2) is 7.26. The molecule has 0 saturated carbocycles. The van der Waals surface area contributed by atoms with Gasteiger partial charge in [-0.25, -0.2) is 0 Å². The molecule has 0 heterocycles. The molecule has 2 rings (SSSR count). The number of hydrogen-bond donors (Lipinski definition) is 2. The molecule has 2 aromatic carbocycles. The zero-order valence-electron chi connectivity index (χ0n) is 12.9. The summed E-state index contributed by atoms with van der Waals surface area (Å²) in [6.07, 6.45) is 0.889. The molecule has 0 radical (unpaired) electrons. The van der Waals surface area contributed by atoms with E-state index in [1.165, 1.54) is 7.11 Å². The van der Waals surface area contributed by atoms with Crippen LogP contribution in [0.25, 0.3) is 5.76 Å². The molecule has 0 atom stereocenters. The maximum absolute atomic E-state index is 11.9. The predicted octanol–water partition coefficient (Wildman–Crippen LogP) is 3.11. The zero-order valence-corrected chi connectivity index (χ0v) is 12.9. The van der Waals surface area contributed by atoms with Crippen molar-refractivity contribution in [3.05, 3.63) is 65.7 Å². The van der Waals surface area contributed by atoms with Crippen molar-refractivity contribution < 1.29 is 19.4 Å². The second-order valence-corrected chi connectivity index (χ2v) is 4.95. The fourth-order valence-electron chi connectivity index (χ4n) is 1.97. The molecule has 2 N–H and O–H groups in total. The average Bonchev–Trinajstić information content (AvgIpc) is 2.54. The van der Waals surface area contributed by atoms with Gasteiger partial charge in [-0.3, -0.25) is 9.59 Å². The van der Waals surface area contributed by atoms with Gasteiger partial charge in [0.05, 0.1) is 7.11 Å². The summed E-state index contributed by atoms with van der Waals surface area (Å²) in [5.41, 5.74) is 1.88. The number of aryl methyl sites for hydroxylation is 1. The van der Waals surface area contributed by atoms with Gasteiger partial charge < -0.3 is 15.2 Å². The van der Waals surface area contributed by atoms with E-state index in [2.05, 4.69) is 5.32 Å². The van der Waals surface area contributed by atoms with Gasteiger partial charge in [0.25, 0.3) is 5.91 Å². The van der Waals surface area contributed by atoms with E-state index in [1.54, 1.807) is 42.5 Å². The van der Waals surface area contributed by atoms with Gasteiger partial charge in [-0.15, -0.1) is 0 Å². The quantitative estimate of drug-likeness (QED) is 0.505. The predicted molar refractivity (Wildman–Crippen MR) is 88.4 cm³/mol. The SMILES string of the molecule is COc1cccc(C(O)=CC(=O)C(=O)Nc2cccc(C)c2)c1. The van der Waals surface area contributed by atoms with E-state index < -0.39 is 11.7 Å². The fourth-order valence-corrected chi connectivity index (χ4v) is 1.97. The molecule has 5 nitrogen and oxygen atoms in total. The molecule has 0 bridgehead atoms. The lowest BCUT2D eigenvalue weighted by atomic mass is 10.1. The van der Waals surface area contributed by atoms with Crippen molar-refractivity contribution in [3.8, 4) is 5.75 Å². The van der Waals surface area contributed by atoms with Crippen LogP contribution in [0.2, 0.25) is 0 Å². The van der Waals surface area contributed by atoms with Crippen LogP contribution < -0.4 is 10.1 Å². The summed E-state index contributed by atoms with van der Waals surface area (Å²) in [5, 5.41) is 12.5. The highest BCUT2D eigenvalue weighted by Crippen LogP contribution is 2.18. The number of carbonyl (C=O) groups is 2.